The Bertz CT molecular complexity index is 1630. The Morgan fingerprint density at radius 3 is 2.00 bits per heavy atom. The van der Waals surface area contributed by atoms with E-state index in [0.717, 1.165) is 16.7 Å². The third kappa shape index (κ3) is 4.48. The molecule has 3 aromatic carbocycles. The molecule has 9 heteroatoms. The quantitative estimate of drug-likeness (QED) is 0.268. The summed E-state index contributed by atoms with van der Waals surface area (Å²) >= 11 is 0. The van der Waals surface area contributed by atoms with Crippen molar-refractivity contribution in [3.8, 4) is 0 Å². The van der Waals surface area contributed by atoms with Crippen LogP contribution in [-0.4, -0.2) is 43.6 Å². The molecule has 5 aromatic rings. The Morgan fingerprint density at radius 2 is 1.37 bits per heavy atom. The lowest BCUT2D eigenvalue weighted by Gasteiger charge is -2.35. The summed E-state index contributed by atoms with van der Waals surface area (Å²) in [5.74, 6) is -1.62. The van der Waals surface area contributed by atoms with Crippen LogP contribution < -0.4 is 5.73 Å². The number of benzene rings is 3. The SMILES string of the molecule is Nc1ncnn2c(C3(O)O[C@@H]4C(OCc5ccccc5)[C@]4(OCc4ccccc4)[C@H]3OCc3ccccc3)ccc12. The van der Waals surface area contributed by atoms with Crippen molar-refractivity contribution in [3.63, 3.8) is 0 Å². The van der Waals surface area contributed by atoms with Crippen LogP contribution in [0.15, 0.2) is 109 Å². The third-order valence-corrected chi connectivity index (χ3v) is 7.84. The number of nitrogens with two attached hydrogens (primary N) is 1. The Balaban J connectivity index is 1.27. The molecule has 5 atom stereocenters. The summed E-state index contributed by atoms with van der Waals surface area (Å²) in [6.45, 7) is 0.882. The summed E-state index contributed by atoms with van der Waals surface area (Å²) in [4.78, 5) is 4.08. The Kier molecular flexibility index (Phi) is 6.53. The van der Waals surface area contributed by atoms with Gasteiger partial charge in [-0.1, -0.05) is 91.0 Å². The summed E-state index contributed by atoms with van der Waals surface area (Å²) in [5, 5.41) is 16.7. The molecule has 1 aliphatic carbocycles. The van der Waals surface area contributed by atoms with Gasteiger partial charge < -0.3 is 29.8 Å². The molecule has 2 aliphatic rings. The van der Waals surface area contributed by atoms with Crippen LogP contribution in [0.25, 0.3) is 5.52 Å². The lowest BCUT2D eigenvalue weighted by atomic mass is 9.99. The van der Waals surface area contributed by atoms with E-state index in [1.807, 2.05) is 91.0 Å². The Labute approximate surface area is 237 Å². The van der Waals surface area contributed by atoms with Crippen LogP contribution >= 0.6 is 0 Å². The lowest BCUT2D eigenvalue weighted by Crippen LogP contribution is -2.50. The van der Waals surface area contributed by atoms with E-state index in [2.05, 4.69) is 10.1 Å². The highest BCUT2D eigenvalue weighted by Crippen LogP contribution is 2.62. The van der Waals surface area contributed by atoms with Crippen molar-refractivity contribution in [2.24, 2.45) is 0 Å². The largest absolute Gasteiger partial charge is 0.382 e. The van der Waals surface area contributed by atoms with Crippen molar-refractivity contribution in [1.82, 2.24) is 14.6 Å². The fourth-order valence-corrected chi connectivity index (χ4v) is 5.75. The van der Waals surface area contributed by atoms with Gasteiger partial charge in [0.25, 0.3) is 0 Å². The smallest absolute Gasteiger partial charge is 0.240 e. The van der Waals surface area contributed by atoms with Crippen LogP contribution in [0.2, 0.25) is 0 Å². The van der Waals surface area contributed by atoms with Crippen molar-refractivity contribution >= 4 is 11.3 Å². The van der Waals surface area contributed by atoms with Gasteiger partial charge in [0.1, 0.15) is 29.7 Å². The van der Waals surface area contributed by atoms with Gasteiger partial charge in [0.05, 0.1) is 19.8 Å². The maximum Gasteiger partial charge on any atom is 0.240 e. The number of aromatic nitrogens is 3. The molecule has 2 unspecified atom stereocenters. The van der Waals surface area contributed by atoms with Crippen molar-refractivity contribution in [3.05, 3.63) is 132 Å². The van der Waals surface area contributed by atoms with Crippen molar-refractivity contribution in [2.45, 2.75) is 49.5 Å². The predicted molar refractivity (Wildman–Crippen MR) is 150 cm³/mol. The van der Waals surface area contributed by atoms with E-state index >= 15 is 0 Å². The molecule has 208 valence electrons. The van der Waals surface area contributed by atoms with Gasteiger partial charge >= 0.3 is 0 Å². The molecule has 0 amide bonds. The first kappa shape index (κ1) is 25.8. The topological polar surface area (TPSA) is 113 Å². The van der Waals surface area contributed by atoms with Crippen LogP contribution in [0.1, 0.15) is 22.4 Å². The van der Waals surface area contributed by atoms with E-state index in [1.165, 1.54) is 10.8 Å². The van der Waals surface area contributed by atoms with Crippen LogP contribution in [0.3, 0.4) is 0 Å². The second-order valence-electron chi connectivity index (χ2n) is 10.4. The number of rotatable bonds is 10. The summed E-state index contributed by atoms with van der Waals surface area (Å²) in [6, 6.07) is 33.1. The van der Waals surface area contributed by atoms with E-state index in [-0.39, 0.29) is 13.2 Å². The highest BCUT2D eigenvalue weighted by Gasteiger charge is 2.84. The molecule has 1 aliphatic heterocycles. The number of ether oxygens (including phenoxy) is 4. The molecule has 1 saturated heterocycles. The molecular weight excluding hydrogens is 520 g/mol. The molecule has 7 rings (SSSR count). The maximum atomic E-state index is 12.3. The molecule has 3 heterocycles. The van der Waals surface area contributed by atoms with Gasteiger partial charge in [-0.25, -0.2) is 9.50 Å². The van der Waals surface area contributed by atoms with Gasteiger partial charge in [0, 0.05) is 0 Å². The first-order valence-electron chi connectivity index (χ1n) is 13.6. The second kappa shape index (κ2) is 10.4. The van der Waals surface area contributed by atoms with Crippen LogP contribution in [0.4, 0.5) is 5.82 Å². The first-order chi connectivity index (χ1) is 20.1. The highest BCUT2D eigenvalue weighted by atomic mass is 16.7. The van der Waals surface area contributed by atoms with E-state index in [4.69, 9.17) is 24.7 Å². The molecule has 41 heavy (non-hydrogen) atoms. The second-order valence-corrected chi connectivity index (χ2v) is 10.4. The molecule has 1 saturated carbocycles. The van der Waals surface area contributed by atoms with Gasteiger partial charge in [0.2, 0.25) is 5.79 Å². The van der Waals surface area contributed by atoms with Gasteiger partial charge in [-0.15, -0.1) is 0 Å². The van der Waals surface area contributed by atoms with Crippen molar-refractivity contribution in [2.75, 3.05) is 5.73 Å². The average molecular weight is 551 g/mol. The summed E-state index contributed by atoms with van der Waals surface area (Å²) < 4.78 is 27.7. The van der Waals surface area contributed by atoms with Crippen molar-refractivity contribution in [1.29, 1.82) is 0 Å². The van der Waals surface area contributed by atoms with Gasteiger partial charge in [-0.05, 0) is 28.8 Å². The molecule has 2 aromatic heterocycles. The monoisotopic (exact) mass is 550 g/mol. The fraction of sp³-hybridized carbons (Fsp3) is 0.250. The number of nitrogens with zero attached hydrogens (tertiary/aromatic N) is 3. The van der Waals surface area contributed by atoms with Gasteiger partial charge in [0.15, 0.2) is 17.5 Å². The minimum Gasteiger partial charge on any atom is -0.382 e. The molecule has 2 fully saturated rings. The third-order valence-electron chi connectivity index (χ3n) is 7.84. The molecule has 0 bridgehead atoms. The number of anilines is 1. The zero-order chi connectivity index (χ0) is 27.9. The van der Waals surface area contributed by atoms with Crippen LogP contribution in [-0.2, 0) is 44.6 Å². The lowest BCUT2D eigenvalue weighted by molar-refractivity contribution is -0.281. The summed E-state index contributed by atoms with van der Waals surface area (Å²) in [6.07, 6.45) is -0.680. The highest BCUT2D eigenvalue weighted by molar-refractivity contribution is 5.65. The Hall–Kier alpha value is -4.12. The Morgan fingerprint density at radius 1 is 0.780 bits per heavy atom. The molecule has 0 spiro atoms. The van der Waals surface area contributed by atoms with E-state index < -0.39 is 29.7 Å². The van der Waals surface area contributed by atoms with E-state index in [9.17, 15) is 5.11 Å². The minimum absolute atomic E-state index is 0.228. The zero-order valence-corrected chi connectivity index (χ0v) is 22.2. The minimum atomic E-state index is -1.91. The molecular formula is C32H30N4O5. The van der Waals surface area contributed by atoms with Crippen LogP contribution in [0, 0.1) is 0 Å². The zero-order valence-electron chi connectivity index (χ0n) is 22.2. The molecule has 0 radical (unpaired) electrons. The molecule has 3 N–H and O–H groups in total. The van der Waals surface area contributed by atoms with E-state index in [1.54, 1.807) is 12.1 Å². The summed E-state index contributed by atoms with van der Waals surface area (Å²) in [7, 11) is 0. The first-order valence-corrected chi connectivity index (χ1v) is 13.6. The fourth-order valence-electron chi connectivity index (χ4n) is 5.75. The van der Waals surface area contributed by atoms with Crippen LogP contribution in [0.5, 0.6) is 0 Å². The van der Waals surface area contributed by atoms with E-state index in [0.29, 0.717) is 23.6 Å². The predicted octanol–water partition coefficient (Wildman–Crippen LogP) is 4.00. The van der Waals surface area contributed by atoms with Crippen molar-refractivity contribution < 1.29 is 24.1 Å². The summed E-state index contributed by atoms with van der Waals surface area (Å²) in [5.41, 5.74) is 8.90. The standard InChI is InChI=1S/C32H30N4O5/c33-29-25-16-17-26(36(25)35-21-34-29)32(37)30(39-19-23-12-6-2-7-13-23)31(40-20-24-14-8-3-9-15-24)27(28(31)41-32)38-18-22-10-4-1-5-11-22/h1-17,21,27-28,30,37H,18-20H2,(H2,33,34,35)/t27?,28-,30-,31-,32?/m1/s1. The average Bonchev–Trinajstić information content (AvgIpc) is 3.27. The number of hydrogen-bond donors (Lipinski definition) is 2. The number of hydrogen-bond acceptors (Lipinski definition) is 8. The molecule has 9 nitrogen and oxygen atoms in total. The van der Waals surface area contributed by atoms with Gasteiger partial charge in [-0.3, -0.25) is 0 Å². The number of fused-ring (bicyclic) bond motifs is 2. The normalized spacial score (nSPS) is 26.7. The van der Waals surface area contributed by atoms with Gasteiger partial charge in [-0.2, -0.15) is 5.10 Å². The number of aliphatic hydroxyl groups is 1. The number of nitrogen functional groups attached to an aromatic ring is 1. The maximum absolute atomic E-state index is 12.3.